The first-order valence-electron chi connectivity index (χ1n) is 10.3. The number of nitrogens with zero attached hydrogens (tertiary/aromatic N) is 3. The molecule has 3 heterocycles. The van der Waals surface area contributed by atoms with Crippen LogP contribution in [0.2, 0.25) is 0 Å². The van der Waals surface area contributed by atoms with Crippen molar-refractivity contribution < 1.29 is 19.4 Å². The van der Waals surface area contributed by atoms with Gasteiger partial charge in [-0.2, -0.15) is 0 Å². The first-order valence-corrected chi connectivity index (χ1v) is 10.3. The molecule has 7 nitrogen and oxygen atoms in total. The Morgan fingerprint density at radius 2 is 1.72 bits per heavy atom. The number of hydrogen-bond acceptors (Lipinski definition) is 6. The van der Waals surface area contributed by atoms with E-state index in [-0.39, 0.29) is 24.0 Å². The molecule has 4 rings (SSSR count). The summed E-state index contributed by atoms with van der Waals surface area (Å²) < 4.78 is 5.65. The van der Waals surface area contributed by atoms with Gasteiger partial charge in [-0.25, -0.2) is 0 Å². The third-order valence-electron chi connectivity index (χ3n) is 5.12. The lowest BCUT2D eigenvalue weighted by atomic mass is 9.96. The topological polar surface area (TPSA) is 92.6 Å². The molecule has 1 atom stereocenters. The summed E-state index contributed by atoms with van der Waals surface area (Å²) in [4.78, 5) is 35.7. The molecular weight excluding hydrogens is 406 g/mol. The van der Waals surface area contributed by atoms with Crippen LogP contribution in [0.15, 0.2) is 78.9 Å². The van der Waals surface area contributed by atoms with E-state index >= 15 is 0 Å². The van der Waals surface area contributed by atoms with E-state index in [0.29, 0.717) is 16.9 Å². The van der Waals surface area contributed by atoms with Gasteiger partial charge in [-0.1, -0.05) is 12.1 Å². The van der Waals surface area contributed by atoms with Gasteiger partial charge in [-0.05, 0) is 61.4 Å². The largest absolute Gasteiger partial charge is 0.507 e. The van der Waals surface area contributed by atoms with Crippen LogP contribution in [0.5, 0.6) is 5.75 Å². The molecule has 0 saturated carbocycles. The number of rotatable bonds is 6. The Balaban J connectivity index is 1.78. The molecule has 3 aromatic rings. The fourth-order valence-electron chi connectivity index (χ4n) is 3.73. The van der Waals surface area contributed by atoms with Gasteiger partial charge in [0.15, 0.2) is 0 Å². The number of aliphatic hydroxyl groups excluding tert-OH is 1. The molecule has 1 fully saturated rings. The first kappa shape index (κ1) is 21.2. The van der Waals surface area contributed by atoms with E-state index in [1.807, 2.05) is 19.9 Å². The first-order chi connectivity index (χ1) is 15.5. The van der Waals surface area contributed by atoms with Crippen molar-refractivity contribution in [1.82, 2.24) is 14.9 Å². The number of hydrogen-bond donors (Lipinski definition) is 1. The molecule has 1 saturated heterocycles. The van der Waals surface area contributed by atoms with Gasteiger partial charge in [0.05, 0.1) is 17.7 Å². The highest BCUT2D eigenvalue weighted by molar-refractivity contribution is 6.46. The second-order valence-corrected chi connectivity index (χ2v) is 7.77. The molecule has 0 radical (unpaired) electrons. The van der Waals surface area contributed by atoms with Crippen molar-refractivity contribution >= 4 is 17.4 Å². The lowest BCUT2D eigenvalue weighted by molar-refractivity contribution is -0.140. The minimum absolute atomic E-state index is 0.0119. The average Bonchev–Trinajstić information content (AvgIpc) is 3.05. The highest BCUT2D eigenvalue weighted by Crippen LogP contribution is 2.40. The lowest BCUT2D eigenvalue weighted by Gasteiger charge is -2.25. The molecule has 162 valence electrons. The fourth-order valence-corrected chi connectivity index (χ4v) is 3.73. The molecule has 0 unspecified atom stereocenters. The van der Waals surface area contributed by atoms with Gasteiger partial charge < -0.3 is 14.7 Å². The van der Waals surface area contributed by atoms with E-state index in [9.17, 15) is 14.7 Å². The van der Waals surface area contributed by atoms with Crippen LogP contribution in [0.25, 0.3) is 5.76 Å². The van der Waals surface area contributed by atoms with Crippen molar-refractivity contribution in [3.05, 3.63) is 95.6 Å². The van der Waals surface area contributed by atoms with Crippen molar-refractivity contribution in [2.45, 2.75) is 32.5 Å². The van der Waals surface area contributed by atoms with Gasteiger partial charge in [0.1, 0.15) is 11.5 Å². The van der Waals surface area contributed by atoms with Crippen molar-refractivity contribution in [1.29, 1.82) is 0 Å². The SMILES string of the molecule is CC(C)Oc1ccc(/C(O)=C2\C(=O)C(=O)N(Cc3cccnc3)[C@H]2c2cccnc2)cc1. The van der Waals surface area contributed by atoms with E-state index in [0.717, 1.165) is 5.56 Å². The number of amides is 1. The number of likely N-dealkylation sites (tertiary alicyclic amines) is 1. The lowest BCUT2D eigenvalue weighted by Crippen LogP contribution is -2.29. The zero-order valence-corrected chi connectivity index (χ0v) is 17.8. The van der Waals surface area contributed by atoms with Crippen LogP contribution >= 0.6 is 0 Å². The zero-order chi connectivity index (χ0) is 22.7. The van der Waals surface area contributed by atoms with Crippen LogP contribution in [0.1, 0.15) is 36.6 Å². The monoisotopic (exact) mass is 429 g/mol. The van der Waals surface area contributed by atoms with Crippen molar-refractivity contribution in [2.24, 2.45) is 0 Å². The summed E-state index contributed by atoms with van der Waals surface area (Å²) in [5.41, 5.74) is 1.87. The van der Waals surface area contributed by atoms with Crippen LogP contribution in [0.3, 0.4) is 0 Å². The van der Waals surface area contributed by atoms with Gasteiger partial charge >= 0.3 is 0 Å². The number of carbonyl (C=O) groups excluding carboxylic acids is 2. The Hall–Kier alpha value is -4.00. The number of ether oxygens (including phenoxy) is 1. The van der Waals surface area contributed by atoms with Crippen molar-refractivity contribution in [2.75, 3.05) is 0 Å². The van der Waals surface area contributed by atoms with E-state index < -0.39 is 17.7 Å². The minimum atomic E-state index is -0.768. The predicted octanol–water partition coefficient (Wildman–Crippen LogP) is 3.89. The Morgan fingerprint density at radius 1 is 1.03 bits per heavy atom. The van der Waals surface area contributed by atoms with E-state index in [1.165, 1.54) is 4.90 Å². The third kappa shape index (κ3) is 4.23. The molecule has 1 aromatic carbocycles. The van der Waals surface area contributed by atoms with E-state index in [1.54, 1.807) is 67.3 Å². The molecule has 1 aliphatic heterocycles. The quantitative estimate of drug-likeness (QED) is 0.363. The van der Waals surface area contributed by atoms with Gasteiger partial charge in [0.25, 0.3) is 11.7 Å². The molecular formula is C25H23N3O4. The molecule has 1 amide bonds. The predicted molar refractivity (Wildman–Crippen MR) is 119 cm³/mol. The summed E-state index contributed by atoms with van der Waals surface area (Å²) >= 11 is 0. The average molecular weight is 429 g/mol. The van der Waals surface area contributed by atoms with Crippen LogP contribution in [-0.4, -0.2) is 37.8 Å². The molecule has 0 aliphatic carbocycles. The number of pyridine rings is 2. The van der Waals surface area contributed by atoms with Crippen LogP contribution in [-0.2, 0) is 16.1 Å². The maximum Gasteiger partial charge on any atom is 0.295 e. The molecule has 1 N–H and O–H groups in total. The third-order valence-corrected chi connectivity index (χ3v) is 5.12. The zero-order valence-electron chi connectivity index (χ0n) is 17.8. The molecule has 2 aromatic heterocycles. The van der Waals surface area contributed by atoms with Gasteiger partial charge in [-0.15, -0.1) is 0 Å². The van der Waals surface area contributed by atoms with Gasteiger partial charge in [0, 0.05) is 36.9 Å². The number of benzene rings is 1. The summed E-state index contributed by atoms with van der Waals surface area (Å²) in [6, 6.07) is 13.1. The molecule has 0 bridgehead atoms. The maximum absolute atomic E-state index is 13.0. The number of carbonyl (C=O) groups is 2. The van der Waals surface area contributed by atoms with Crippen LogP contribution < -0.4 is 4.74 Å². The summed E-state index contributed by atoms with van der Waals surface area (Å²) in [5.74, 6) is -0.994. The van der Waals surface area contributed by atoms with Crippen molar-refractivity contribution in [3.63, 3.8) is 0 Å². The van der Waals surface area contributed by atoms with Crippen LogP contribution in [0, 0.1) is 0 Å². The number of Topliss-reactive ketones (excluding diaryl/α,β-unsaturated/α-hetero) is 1. The summed E-state index contributed by atoms with van der Waals surface area (Å²) in [5, 5.41) is 11.1. The number of ketones is 1. The van der Waals surface area contributed by atoms with Gasteiger partial charge in [-0.3, -0.25) is 19.6 Å². The Labute approximate surface area is 186 Å². The normalized spacial score (nSPS) is 17.7. The summed E-state index contributed by atoms with van der Waals surface area (Å²) in [7, 11) is 0. The Kier molecular flexibility index (Phi) is 5.98. The van der Waals surface area contributed by atoms with Crippen molar-refractivity contribution in [3.8, 4) is 5.75 Å². The number of aromatic nitrogens is 2. The molecule has 1 aliphatic rings. The second kappa shape index (κ2) is 9.01. The Bertz CT molecular complexity index is 1140. The van der Waals surface area contributed by atoms with E-state index in [2.05, 4.69) is 9.97 Å². The second-order valence-electron chi connectivity index (χ2n) is 7.77. The standard InChI is InChI=1S/C25H23N3O4/c1-16(2)32-20-9-7-18(8-10-20)23(29)21-22(19-6-4-12-27-14-19)28(25(31)24(21)30)15-17-5-3-11-26-13-17/h3-14,16,22,29H,15H2,1-2H3/b23-21+/t22-/m0/s1. The van der Waals surface area contributed by atoms with Crippen LogP contribution in [0.4, 0.5) is 0 Å². The molecule has 0 spiro atoms. The minimum Gasteiger partial charge on any atom is -0.507 e. The molecule has 32 heavy (non-hydrogen) atoms. The maximum atomic E-state index is 13.0. The van der Waals surface area contributed by atoms with E-state index in [4.69, 9.17) is 4.74 Å². The smallest absolute Gasteiger partial charge is 0.295 e. The highest BCUT2D eigenvalue weighted by Gasteiger charge is 2.46. The fraction of sp³-hybridized carbons (Fsp3) is 0.200. The Morgan fingerprint density at radius 3 is 2.31 bits per heavy atom. The van der Waals surface area contributed by atoms with Gasteiger partial charge in [0.2, 0.25) is 0 Å². The highest BCUT2D eigenvalue weighted by atomic mass is 16.5. The molecule has 7 heteroatoms. The number of aliphatic hydroxyl groups is 1. The summed E-state index contributed by atoms with van der Waals surface area (Å²) in [6.07, 6.45) is 6.51. The summed E-state index contributed by atoms with van der Waals surface area (Å²) in [6.45, 7) is 4.02.